The summed E-state index contributed by atoms with van der Waals surface area (Å²) in [5.41, 5.74) is 0. The van der Waals surface area contributed by atoms with Crippen LogP contribution in [-0.4, -0.2) is 40.4 Å². The molecule has 62 valence electrons. The molecule has 0 fully saturated rings. The SMILES string of the molecule is [Al+3].[Cl-].[Cl-].[Cl-].[Cl-].[Mg+2].[c-]1ccccc1. The van der Waals surface area contributed by atoms with Gasteiger partial charge in [-0.2, -0.15) is 36.4 Å². The van der Waals surface area contributed by atoms with Crippen LogP contribution in [0.25, 0.3) is 0 Å². The van der Waals surface area contributed by atoms with Crippen LogP contribution >= 0.6 is 0 Å². The van der Waals surface area contributed by atoms with Crippen LogP contribution in [0.3, 0.4) is 0 Å². The molecule has 0 unspecified atom stereocenters. The van der Waals surface area contributed by atoms with Gasteiger partial charge in [0, 0.05) is 0 Å². The fourth-order valence-electron chi connectivity index (χ4n) is 0.342. The van der Waals surface area contributed by atoms with Gasteiger partial charge in [-0.05, 0) is 0 Å². The number of hydrogen-bond donors (Lipinski definition) is 0. The molecule has 12 heavy (non-hydrogen) atoms. The first-order valence-electron chi connectivity index (χ1n) is 1.91. The van der Waals surface area contributed by atoms with Gasteiger partial charge in [-0.1, -0.05) is 0 Å². The molecule has 0 bridgehead atoms. The Morgan fingerprint density at radius 3 is 1.08 bits per heavy atom. The Kier molecular flexibility index (Phi) is 91.1. The van der Waals surface area contributed by atoms with Crippen LogP contribution < -0.4 is 49.6 Å². The van der Waals surface area contributed by atoms with Crippen molar-refractivity contribution in [3.63, 3.8) is 0 Å². The Balaban J connectivity index is -0.0000000150. The third kappa shape index (κ3) is 22.6. The number of rotatable bonds is 0. The van der Waals surface area contributed by atoms with Crippen LogP contribution in [0.4, 0.5) is 0 Å². The molecule has 1 aromatic rings. The molecule has 0 saturated carbocycles. The molecule has 0 radical (unpaired) electrons. The van der Waals surface area contributed by atoms with Gasteiger partial charge in [-0.3, -0.25) is 0 Å². The van der Waals surface area contributed by atoms with E-state index in [-0.39, 0.29) is 90.0 Å². The fraction of sp³-hybridized carbons (Fsp3) is 0. The van der Waals surface area contributed by atoms with Gasteiger partial charge in [0.1, 0.15) is 0 Å². The minimum atomic E-state index is 0. The molecule has 0 aromatic heterocycles. The Morgan fingerprint density at radius 2 is 1.00 bits per heavy atom. The molecular formula is C6H5AlCl4Mg. The van der Waals surface area contributed by atoms with Crippen molar-refractivity contribution in [2.24, 2.45) is 0 Å². The molecule has 0 aliphatic heterocycles. The van der Waals surface area contributed by atoms with Crippen molar-refractivity contribution in [1.82, 2.24) is 0 Å². The molecular weight excluding hydrogens is 265 g/mol. The standard InChI is InChI=1S/C6H5.Al.4ClH.Mg/c1-2-4-6-5-3-1;;;;;;/h1-5H;;4*1H;/q-1;+3;;;;;+2/p-4. The van der Waals surface area contributed by atoms with Gasteiger partial charge < -0.3 is 49.6 Å². The van der Waals surface area contributed by atoms with E-state index in [1.165, 1.54) is 0 Å². The number of halogens is 4. The molecule has 1 rings (SSSR count). The Bertz CT molecular complexity index is 91.5. The van der Waals surface area contributed by atoms with Crippen molar-refractivity contribution in [2.45, 2.75) is 0 Å². The average Bonchev–Trinajstić information content (AvgIpc) is 1.72. The minimum absolute atomic E-state index is 0. The third-order valence-corrected chi connectivity index (χ3v) is 0.607. The summed E-state index contributed by atoms with van der Waals surface area (Å²) in [4.78, 5) is 0. The largest absolute Gasteiger partial charge is 3.00 e. The Hall–Kier alpha value is 1.68. The first-order chi connectivity index (χ1) is 3.00. The van der Waals surface area contributed by atoms with Crippen LogP contribution in [-0.2, 0) is 0 Å². The van der Waals surface area contributed by atoms with Crippen LogP contribution in [0.1, 0.15) is 0 Å². The molecule has 0 nitrogen and oxygen atoms in total. The van der Waals surface area contributed by atoms with E-state index >= 15 is 0 Å². The zero-order valence-corrected chi connectivity index (χ0v) is 11.8. The number of benzene rings is 1. The predicted molar refractivity (Wildman–Crippen MR) is 36.8 cm³/mol. The van der Waals surface area contributed by atoms with E-state index in [9.17, 15) is 0 Å². The molecule has 6 heteroatoms. The van der Waals surface area contributed by atoms with Crippen molar-refractivity contribution in [1.29, 1.82) is 0 Å². The Morgan fingerprint density at radius 1 is 0.667 bits per heavy atom. The van der Waals surface area contributed by atoms with Crippen molar-refractivity contribution in [3.05, 3.63) is 36.4 Å². The molecule has 0 aliphatic rings. The van der Waals surface area contributed by atoms with E-state index in [4.69, 9.17) is 0 Å². The molecule has 0 amide bonds. The van der Waals surface area contributed by atoms with E-state index in [1.807, 2.05) is 30.3 Å². The quantitative estimate of drug-likeness (QED) is 0.324. The maximum Gasteiger partial charge on any atom is 3.00 e. The second-order valence-electron chi connectivity index (χ2n) is 1.08. The summed E-state index contributed by atoms with van der Waals surface area (Å²) in [6.07, 6.45) is 0. The van der Waals surface area contributed by atoms with Crippen molar-refractivity contribution >= 4 is 40.4 Å². The van der Waals surface area contributed by atoms with Gasteiger partial charge in [0.2, 0.25) is 0 Å². The molecule has 0 N–H and O–H groups in total. The van der Waals surface area contributed by atoms with Gasteiger partial charge in [0.25, 0.3) is 0 Å². The van der Waals surface area contributed by atoms with Gasteiger partial charge in [-0.25, -0.2) is 0 Å². The smallest absolute Gasteiger partial charge is 1.00 e. The van der Waals surface area contributed by atoms with Crippen molar-refractivity contribution in [3.8, 4) is 0 Å². The van der Waals surface area contributed by atoms with E-state index in [0.29, 0.717) is 0 Å². The van der Waals surface area contributed by atoms with E-state index in [2.05, 4.69) is 6.07 Å². The maximum atomic E-state index is 2.89. The van der Waals surface area contributed by atoms with Gasteiger partial charge in [0.15, 0.2) is 0 Å². The summed E-state index contributed by atoms with van der Waals surface area (Å²) in [5, 5.41) is 0. The van der Waals surface area contributed by atoms with E-state index < -0.39 is 0 Å². The van der Waals surface area contributed by atoms with Gasteiger partial charge >= 0.3 is 40.4 Å². The topological polar surface area (TPSA) is 0 Å². The second-order valence-corrected chi connectivity index (χ2v) is 1.08. The van der Waals surface area contributed by atoms with Gasteiger partial charge in [-0.15, -0.1) is 0 Å². The summed E-state index contributed by atoms with van der Waals surface area (Å²) in [6, 6.07) is 12.5. The molecule has 0 aliphatic carbocycles. The zero-order chi connectivity index (χ0) is 4.24. The maximum absolute atomic E-state index is 2.89. The summed E-state index contributed by atoms with van der Waals surface area (Å²) in [6.45, 7) is 0. The summed E-state index contributed by atoms with van der Waals surface area (Å²) < 4.78 is 0. The number of hydrogen-bond acceptors (Lipinski definition) is 0. The van der Waals surface area contributed by atoms with Crippen LogP contribution in [0, 0.1) is 6.07 Å². The van der Waals surface area contributed by atoms with Crippen molar-refractivity contribution < 1.29 is 49.6 Å². The summed E-state index contributed by atoms with van der Waals surface area (Å²) in [7, 11) is 0. The van der Waals surface area contributed by atoms with Crippen LogP contribution in [0.15, 0.2) is 30.3 Å². The molecule has 1 aromatic carbocycles. The molecule has 0 heterocycles. The first-order valence-corrected chi connectivity index (χ1v) is 1.91. The normalized spacial score (nSPS) is 4.00. The minimum Gasteiger partial charge on any atom is -1.00 e. The van der Waals surface area contributed by atoms with E-state index in [1.54, 1.807) is 0 Å². The first kappa shape index (κ1) is 37.3. The van der Waals surface area contributed by atoms with Crippen molar-refractivity contribution in [2.75, 3.05) is 0 Å². The molecule has 0 saturated heterocycles. The fourth-order valence-corrected chi connectivity index (χ4v) is 0.342. The van der Waals surface area contributed by atoms with Crippen LogP contribution in [0.2, 0.25) is 0 Å². The zero-order valence-electron chi connectivity index (χ0n) is 6.18. The van der Waals surface area contributed by atoms with Gasteiger partial charge in [0.05, 0.1) is 0 Å². The third-order valence-electron chi connectivity index (χ3n) is 0.607. The predicted octanol–water partition coefficient (Wildman–Crippen LogP) is -11.3. The molecule has 0 spiro atoms. The monoisotopic (exact) mass is 268 g/mol. The van der Waals surface area contributed by atoms with E-state index in [0.717, 1.165) is 0 Å². The van der Waals surface area contributed by atoms with Crippen LogP contribution in [0.5, 0.6) is 0 Å². The summed E-state index contributed by atoms with van der Waals surface area (Å²) >= 11 is 0. The average molecular weight is 270 g/mol. The summed E-state index contributed by atoms with van der Waals surface area (Å²) in [5.74, 6) is 0. The molecule has 0 atom stereocenters. The Labute approximate surface area is 125 Å². The second kappa shape index (κ2) is 29.3.